The van der Waals surface area contributed by atoms with E-state index < -0.39 is 13.2 Å². The monoisotopic (exact) mass is 241 g/mol. The number of hydrogen-bond donors (Lipinski definition) is 1. The van der Waals surface area contributed by atoms with Crippen LogP contribution in [0.2, 0.25) is 19.6 Å². The topological polar surface area (TPSA) is 72.6 Å². The highest BCUT2D eigenvalue weighted by molar-refractivity contribution is 6.70. The van der Waals surface area contributed by atoms with Crippen LogP contribution in [0.25, 0.3) is 0 Å². The predicted octanol–water partition coefficient (Wildman–Crippen LogP) is 2.30. The molecule has 0 radical (unpaired) electrons. The first-order valence-electron chi connectivity index (χ1n) is 4.90. The van der Waals surface area contributed by atoms with Crippen molar-refractivity contribution in [3.63, 3.8) is 0 Å². The Bertz CT molecular complexity index is 400. The second kappa shape index (κ2) is 4.63. The second-order valence-electron chi connectivity index (χ2n) is 4.42. The Hall–Kier alpha value is -1.40. The Morgan fingerprint density at radius 3 is 2.50 bits per heavy atom. The largest absolute Gasteiger partial charge is 0.544 e. The second-order valence-corrected chi connectivity index (χ2v) is 8.85. The van der Waals surface area contributed by atoms with E-state index in [9.17, 15) is 10.1 Å². The van der Waals surface area contributed by atoms with Crippen LogP contribution >= 0.6 is 0 Å². The molecule has 88 valence electrons. The molecule has 0 bridgehead atoms. The Labute approximate surface area is 95.0 Å². The number of nitrogens with zero attached hydrogens (tertiary/aromatic N) is 1. The quantitative estimate of drug-likeness (QED) is 0.498. The molecular weight excluding hydrogens is 226 g/mol. The van der Waals surface area contributed by atoms with Crippen molar-refractivity contribution in [3.05, 3.63) is 33.9 Å². The lowest BCUT2D eigenvalue weighted by atomic mass is 10.2. The molecule has 1 rings (SSSR count). The highest BCUT2D eigenvalue weighted by Gasteiger charge is 2.19. The normalized spacial score (nSPS) is 11.2. The van der Waals surface area contributed by atoms with Gasteiger partial charge in [-0.3, -0.25) is 10.1 Å². The molecule has 0 saturated heterocycles. The van der Waals surface area contributed by atoms with Crippen LogP contribution in [0.4, 0.5) is 5.69 Å². The van der Waals surface area contributed by atoms with Crippen LogP contribution < -0.4 is 4.43 Å². The third-order valence-electron chi connectivity index (χ3n) is 1.84. The molecule has 16 heavy (non-hydrogen) atoms. The zero-order valence-electron chi connectivity index (χ0n) is 9.56. The van der Waals surface area contributed by atoms with Gasteiger partial charge in [0.25, 0.3) is 5.69 Å². The van der Waals surface area contributed by atoms with Crippen LogP contribution in [-0.4, -0.2) is 18.3 Å². The number of benzene rings is 1. The minimum absolute atomic E-state index is 0.0352. The zero-order valence-corrected chi connectivity index (χ0v) is 10.6. The molecule has 0 aliphatic rings. The average Bonchev–Trinajstić information content (AvgIpc) is 2.15. The van der Waals surface area contributed by atoms with E-state index in [1.54, 1.807) is 6.07 Å². The number of hydrogen-bond acceptors (Lipinski definition) is 4. The minimum Gasteiger partial charge on any atom is -0.544 e. The van der Waals surface area contributed by atoms with E-state index in [0.29, 0.717) is 11.3 Å². The first kappa shape index (κ1) is 12.7. The van der Waals surface area contributed by atoms with Gasteiger partial charge in [-0.05, 0) is 25.7 Å². The van der Waals surface area contributed by atoms with Gasteiger partial charge in [0.15, 0.2) is 0 Å². The summed E-state index contributed by atoms with van der Waals surface area (Å²) in [6, 6.07) is 4.27. The lowest BCUT2D eigenvalue weighted by Gasteiger charge is -2.20. The summed E-state index contributed by atoms with van der Waals surface area (Å²) in [5, 5.41) is 19.7. The molecule has 0 aliphatic carbocycles. The van der Waals surface area contributed by atoms with Crippen molar-refractivity contribution >= 4 is 14.0 Å². The molecule has 0 spiro atoms. The lowest BCUT2D eigenvalue weighted by molar-refractivity contribution is -0.385. The zero-order chi connectivity index (χ0) is 12.3. The van der Waals surface area contributed by atoms with Gasteiger partial charge >= 0.3 is 0 Å². The molecule has 1 N–H and O–H groups in total. The van der Waals surface area contributed by atoms with Crippen LogP contribution in [-0.2, 0) is 6.61 Å². The number of non-ortho nitro benzene ring substituents is 1. The molecule has 0 aliphatic heterocycles. The minimum atomic E-state index is -1.77. The van der Waals surface area contributed by atoms with Crippen LogP contribution in [0.3, 0.4) is 0 Å². The van der Waals surface area contributed by atoms with Crippen LogP contribution in [0, 0.1) is 10.1 Å². The summed E-state index contributed by atoms with van der Waals surface area (Å²) in [5.74, 6) is 0.535. The molecule has 0 amide bonds. The fraction of sp³-hybridized carbons (Fsp3) is 0.400. The van der Waals surface area contributed by atoms with Crippen molar-refractivity contribution < 1.29 is 14.5 Å². The van der Waals surface area contributed by atoms with Crippen molar-refractivity contribution in [1.29, 1.82) is 0 Å². The summed E-state index contributed by atoms with van der Waals surface area (Å²) in [6.07, 6.45) is 0. The van der Waals surface area contributed by atoms with Crippen LogP contribution in [0.1, 0.15) is 5.56 Å². The summed E-state index contributed by atoms with van der Waals surface area (Å²) < 4.78 is 5.71. The smallest absolute Gasteiger partial charge is 0.270 e. The van der Waals surface area contributed by atoms with Crippen LogP contribution in [0.15, 0.2) is 18.2 Å². The van der Waals surface area contributed by atoms with Gasteiger partial charge in [-0.1, -0.05) is 0 Å². The van der Waals surface area contributed by atoms with Gasteiger partial charge in [0.1, 0.15) is 5.75 Å². The van der Waals surface area contributed by atoms with E-state index in [-0.39, 0.29) is 12.3 Å². The molecule has 0 atom stereocenters. The summed E-state index contributed by atoms with van der Waals surface area (Å²) in [5.41, 5.74) is 0.420. The molecule has 0 fully saturated rings. The third-order valence-corrected chi connectivity index (χ3v) is 2.67. The molecule has 0 aromatic heterocycles. The average molecular weight is 241 g/mol. The highest BCUT2D eigenvalue weighted by atomic mass is 28.4. The van der Waals surface area contributed by atoms with Crippen LogP contribution in [0.5, 0.6) is 5.75 Å². The van der Waals surface area contributed by atoms with E-state index in [1.807, 2.05) is 19.6 Å². The standard InChI is InChI=1S/C10H15NO4Si/c1-16(2,3)15-10-5-4-9(11(13)14)6-8(10)7-12/h4-6,12H,7H2,1-3H3. The summed E-state index contributed by atoms with van der Waals surface area (Å²) in [6.45, 7) is 5.77. The summed E-state index contributed by atoms with van der Waals surface area (Å²) in [7, 11) is -1.77. The van der Waals surface area contributed by atoms with Crippen molar-refractivity contribution in [3.8, 4) is 5.75 Å². The molecule has 0 heterocycles. The SMILES string of the molecule is C[Si](C)(C)Oc1ccc([N+](=O)[O-])cc1CO. The Morgan fingerprint density at radius 1 is 1.44 bits per heavy atom. The van der Waals surface area contributed by atoms with E-state index in [2.05, 4.69) is 0 Å². The van der Waals surface area contributed by atoms with Crippen molar-refractivity contribution in [2.75, 3.05) is 0 Å². The van der Waals surface area contributed by atoms with Crippen molar-refractivity contribution in [2.24, 2.45) is 0 Å². The van der Waals surface area contributed by atoms with Gasteiger partial charge in [0.2, 0.25) is 8.32 Å². The fourth-order valence-electron chi connectivity index (χ4n) is 1.23. The molecular formula is C10H15NO4Si. The molecule has 5 nitrogen and oxygen atoms in total. The van der Waals surface area contributed by atoms with Gasteiger partial charge in [-0.25, -0.2) is 0 Å². The van der Waals surface area contributed by atoms with Gasteiger partial charge in [-0.15, -0.1) is 0 Å². The number of aliphatic hydroxyl groups is 1. The first-order chi connectivity index (χ1) is 7.33. The van der Waals surface area contributed by atoms with E-state index >= 15 is 0 Å². The first-order valence-corrected chi connectivity index (χ1v) is 8.31. The Balaban J connectivity index is 3.07. The number of nitro groups is 1. The molecule has 1 aromatic carbocycles. The maximum atomic E-state index is 10.6. The van der Waals surface area contributed by atoms with E-state index in [4.69, 9.17) is 9.53 Å². The van der Waals surface area contributed by atoms with Crippen molar-refractivity contribution in [2.45, 2.75) is 26.2 Å². The van der Waals surface area contributed by atoms with E-state index in [0.717, 1.165) is 0 Å². The predicted molar refractivity (Wildman–Crippen MR) is 63.0 cm³/mol. The number of nitro benzene ring substituents is 1. The summed E-state index contributed by atoms with van der Waals surface area (Å²) in [4.78, 5) is 10.1. The maximum Gasteiger partial charge on any atom is 0.270 e. The van der Waals surface area contributed by atoms with Crippen molar-refractivity contribution in [1.82, 2.24) is 0 Å². The molecule has 6 heteroatoms. The molecule has 0 saturated carbocycles. The fourth-order valence-corrected chi connectivity index (χ4v) is 2.09. The van der Waals surface area contributed by atoms with Gasteiger partial charge in [0, 0.05) is 17.7 Å². The number of aliphatic hydroxyl groups excluding tert-OH is 1. The highest BCUT2D eigenvalue weighted by Crippen LogP contribution is 2.26. The molecule has 1 aromatic rings. The van der Waals surface area contributed by atoms with E-state index in [1.165, 1.54) is 12.1 Å². The van der Waals surface area contributed by atoms with Gasteiger partial charge in [-0.2, -0.15) is 0 Å². The number of rotatable bonds is 4. The summed E-state index contributed by atoms with van der Waals surface area (Å²) >= 11 is 0. The maximum absolute atomic E-state index is 10.6. The third kappa shape index (κ3) is 3.32. The van der Waals surface area contributed by atoms with Gasteiger partial charge < -0.3 is 9.53 Å². The lowest BCUT2D eigenvalue weighted by Crippen LogP contribution is -2.29. The Morgan fingerprint density at radius 2 is 2.06 bits per heavy atom. The Kier molecular flexibility index (Phi) is 3.66. The molecule has 0 unspecified atom stereocenters. The van der Waals surface area contributed by atoms with Gasteiger partial charge in [0.05, 0.1) is 11.5 Å².